The van der Waals surface area contributed by atoms with E-state index in [2.05, 4.69) is 0 Å². The van der Waals surface area contributed by atoms with Gasteiger partial charge in [0.15, 0.2) is 0 Å². The number of aliphatic hydroxyl groups excluding tert-OH is 2. The Morgan fingerprint density at radius 2 is 1.93 bits per heavy atom. The number of methoxy groups -OCH3 is 1. The van der Waals surface area contributed by atoms with E-state index in [4.69, 9.17) is 9.47 Å². The maximum absolute atomic E-state index is 10.2. The number of hydrogen-bond donors (Lipinski definition) is 2. The van der Waals surface area contributed by atoms with Crippen molar-refractivity contribution in [3.8, 4) is 0 Å². The zero-order chi connectivity index (χ0) is 11.9. The highest BCUT2D eigenvalue weighted by atomic mass is 16.6. The third-order valence-corrected chi connectivity index (χ3v) is 3.28. The van der Waals surface area contributed by atoms with Crippen LogP contribution in [0.1, 0.15) is 27.7 Å². The summed E-state index contributed by atoms with van der Waals surface area (Å²) in [6, 6.07) is 0. The summed E-state index contributed by atoms with van der Waals surface area (Å²) in [6.07, 6.45) is -1.51. The molecule has 4 nitrogen and oxygen atoms in total. The first kappa shape index (κ1) is 12.9. The van der Waals surface area contributed by atoms with Crippen LogP contribution in [0, 0.1) is 5.41 Å². The highest BCUT2D eigenvalue weighted by Gasteiger charge is 2.56. The van der Waals surface area contributed by atoms with E-state index in [0.717, 1.165) is 0 Å². The standard InChI is InChI=1S/C11H22O4/c1-10(2,3)9-8(13)11(4,14-5)7(6-12)15-9/h7-9,12-13H,6H2,1-5H3/t7-,8+,9-,11-/m1/s1. The SMILES string of the molecule is CO[C@]1(C)[C@@H](CO)O[C@@H](C(C)(C)C)[C@@H]1O. The van der Waals surface area contributed by atoms with Crippen molar-refractivity contribution in [2.75, 3.05) is 13.7 Å². The molecule has 1 saturated heterocycles. The summed E-state index contributed by atoms with van der Waals surface area (Å²) in [5, 5.41) is 19.4. The fourth-order valence-corrected chi connectivity index (χ4v) is 2.03. The summed E-state index contributed by atoms with van der Waals surface area (Å²) in [6.45, 7) is 7.61. The molecule has 2 N–H and O–H groups in total. The highest BCUT2D eigenvalue weighted by Crippen LogP contribution is 2.40. The average molecular weight is 218 g/mol. The molecule has 1 aliphatic heterocycles. The predicted octanol–water partition coefficient (Wildman–Crippen LogP) is 0.558. The quantitative estimate of drug-likeness (QED) is 0.711. The van der Waals surface area contributed by atoms with Crippen molar-refractivity contribution >= 4 is 0 Å². The molecule has 0 unspecified atom stereocenters. The van der Waals surface area contributed by atoms with Crippen LogP contribution in [0.2, 0.25) is 0 Å². The van der Waals surface area contributed by atoms with E-state index >= 15 is 0 Å². The Balaban J connectivity index is 2.94. The van der Waals surface area contributed by atoms with E-state index in [1.807, 2.05) is 20.8 Å². The van der Waals surface area contributed by atoms with Crippen molar-refractivity contribution in [1.29, 1.82) is 0 Å². The van der Waals surface area contributed by atoms with Crippen molar-refractivity contribution in [2.45, 2.75) is 51.6 Å². The molecule has 4 heteroatoms. The van der Waals surface area contributed by atoms with Crippen LogP contribution in [-0.4, -0.2) is 47.8 Å². The molecule has 90 valence electrons. The summed E-state index contributed by atoms with van der Waals surface area (Å²) in [5.74, 6) is 0. The topological polar surface area (TPSA) is 58.9 Å². The number of ether oxygens (including phenoxy) is 2. The van der Waals surface area contributed by atoms with Gasteiger partial charge in [0.2, 0.25) is 0 Å². The van der Waals surface area contributed by atoms with E-state index < -0.39 is 17.8 Å². The van der Waals surface area contributed by atoms with Crippen molar-refractivity contribution in [1.82, 2.24) is 0 Å². The minimum absolute atomic E-state index is 0.145. The van der Waals surface area contributed by atoms with Crippen molar-refractivity contribution < 1.29 is 19.7 Å². The molecule has 0 aromatic rings. The van der Waals surface area contributed by atoms with E-state index in [-0.39, 0.29) is 18.1 Å². The molecular formula is C11H22O4. The molecule has 15 heavy (non-hydrogen) atoms. The second kappa shape index (κ2) is 4.01. The fraction of sp³-hybridized carbons (Fsp3) is 1.00. The van der Waals surface area contributed by atoms with Gasteiger partial charge in [0, 0.05) is 7.11 Å². The third-order valence-electron chi connectivity index (χ3n) is 3.28. The van der Waals surface area contributed by atoms with Gasteiger partial charge >= 0.3 is 0 Å². The molecule has 0 aliphatic carbocycles. The molecular weight excluding hydrogens is 196 g/mol. The van der Waals surface area contributed by atoms with Gasteiger partial charge in [-0.15, -0.1) is 0 Å². The molecule has 0 spiro atoms. The van der Waals surface area contributed by atoms with Gasteiger partial charge in [0.05, 0.1) is 12.7 Å². The Hall–Kier alpha value is -0.160. The Morgan fingerprint density at radius 3 is 2.20 bits per heavy atom. The molecule has 0 saturated carbocycles. The number of hydrogen-bond acceptors (Lipinski definition) is 4. The van der Waals surface area contributed by atoms with E-state index in [9.17, 15) is 10.2 Å². The van der Waals surface area contributed by atoms with Gasteiger partial charge in [-0.25, -0.2) is 0 Å². The van der Waals surface area contributed by atoms with Gasteiger partial charge < -0.3 is 19.7 Å². The van der Waals surface area contributed by atoms with Gasteiger partial charge in [-0.1, -0.05) is 20.8 Å². The van der Waals surface area contributed by atoms with Crippen molar-refractivity contribution in [3.63, 3.8) is 0 Å². The lowest BCUT2D eigenvalue weighted by atomic mass is 9.81. The van der Waals surface area contributed by atoms with Gasteiger partial charge in [0.25, 0.3) is 0 Å². The Kier molecular flexibility index (Phi) is 3.45. The monoisotopic (exact) mass is 218 g/mol. The maximum Gasteiger partial charge on any atom is 0.122 e. The highest BCUT2D eigenvalue weighted by molar-refractivity contribution is 5.04. The Bertz CT molecular complexity index is 223. The minimum Gasteiger partial charge on any atom is -0.394 e. The lowest BCUT2D eigenvalue weighted by Gasteiger charge is -2.32. The molecule has 0 amide bonds. The molecule has 0 aromatic heterocycles. The maximum atomic E-state index is 10.2. The Morgan fingerprint density at radius 1 is 1.40 bits per heavy atom. The normalized spacial score (nSPS) is 42.2. The third kappa shape index (κ3) is 2.04. The molecule has 0 radical (unpaired) electrons. The van der Waals surface area contributed by atoms with Crippen molar-refractivity contribution in [2.24, 2.45) is 5.41 Å². The second-order valence-corrected chi connectivity index (χ2v) is 5.43. The Labute approximate surface area is 91.2 Å². The molecule has 4 atom stereocenters. The molecule has 1 heterocycles. The summed E-state index contributed by atoms with van der Waals surface area (Å²) in [5.41, 5.74) is -1.00. The van der Waals surface area contributed by atoms with Gasteiger partial charge in [0.1, 0.15) is 17.8 Å². The predicted molar refractivity (Wildman–Crippen MR) is 56.6 cm³/mol. The van der Waals surface area contributed by atoms with Crippen LogP contribution in [0.5, 0.6) is 0 Å². The summed E-state index contributed by atoms with van der Waals surface area (Å²) >= 11 is 0. The molecule has 0 bridgehead atoms. The summed E-state index contributed by atoms with van der Waals surface area (Å²) in [7, 11) is 1.53. The van der Waals surface area contributed by atoms with Gasteiger partial charge in [-0.05, 0) is 12.3 Å². The van der Waals surface area contributed by atoms with Crippen LogP contribution in [0.25, 0.3) is 0 Å². The van der Waals surface area contributed by atoms with Crippen LogP contribution >= 0.6 is 0 Å². The zero-order valence-electron chi connectivity index (χ0n) is 10.2. The molecule has 0 aromatic carbocycles. The first-order valence-electron chi connectivity index (χ1n) is 5.27. The van der Waals surface area contributed by atoms with Gasteiger partial charge in [-0.3, -0.25) is 0 Å². The van der Waals surface area contributed by atoms with Crippen LogP contribution in [-0.2, 0) is 9.47 Å². The lowest BCUT2D eigenvalue weighted by molar-refractivity contribution is -0.105. The number of aliphatic hydroxyl groups is 2. The van der Waals surface area contributed by atoms with Crippen LogP contribution in [0.4, 0.5) is 0 Å². The molecule has 1 aliphatic rings. The first-order chi connectivity index (χ1) is 6.77. The summed E-state index contributed by atoms with van der Waals surface area (Å²) in [4.78, 5) is 0. The molecule has 1 rings (SSSR count). The smallest absolute Gasteiger partial charge is 0.122 e. The van der Waals surface area contributed by atoms with Gasteiger partial charge in [-0.2, -0.15) is 0 Å². The minimum atomic E-state index is -0.827. The largest absolute Gasteiger partial charge is 0.394 e. The first-order valence-corrected chi connectivity index (χ1v) is 5.27. The van der Waals surface area contributed by atoms with E-state index in [0.29, 0.717) is 0 Å². The van der Waals surface area contributed by atoms with Crippen LogP contribution in [0.15, 0.2) is 0 Å². The van der Waals surface area contributed by atoms with E-state index in [1.165, 1.54) is 7.11 Å². The number of rotatable bonds is 2. The van der Waals surface area contributed by atoms with Crippen molar-refractivity contribution in [3.05, 3.63) is 0 Å². The lowest BCUT2D eigenvalue weighted by Crippen LogP contribution is -2.49. The second-order valence-electron chi connectivity index (χ2n) is 5.43. The summed E-state index contributed by atoms with van der Waals surface area (Å²) < 4.78 is 11.0. The van der Waals surface area contributed by atoms with Crippen LogP contribution in [0.3, 0.4) is 0 Å². The van der Waals surface area contributed by atoms with Crippen LogP contribution < -0.4 is 0 Å². The fourth-order valence-electron chi connectivity index (χ4n) is 2.03. The average Bonchev–Trinajstić information content (AvgIpc) is 2.40. The zero-order valence-corrected chi connectivity index (χ0v) is 10.2. The molecule has 1 fully saturated rings. The van der Waals surface area contributed by atoms with E-state index in [1.54, 1.807) is 6.92 Å².